The SMILES string of the molecule is CCc1cc2c(NN)nc(CSC3CCCCC3)nc2s1. The van der Waals surface area contributed by atoms with Crippen LogP contribution in [0.1, 0.15) is 49.7 Å². The molecule has 6 heteroatoms. The van der Waals surface area contributed by atoms with Crippen LogP contribution >= 0.6 is 23.1 Å². The Bertz CT molecular complexity index is 605. The Morgan fingerprint density at radius 1 is 1.33 bits per heavy atom. The van der Waals surface area contributed by atoms with Crippen molar-refractivity contribution in [3.05, 3.63) is 16.8 Å². The van der Waals surface area contributed by atoms with Crippen LogP contribution in [0, 0.1) is 0 Å². The van der Waals surface area contributed by atoms with Crippen LogP contribution in [0.3, 0.4) is 0 Å². The predicted octanol–water partition coefficient (Wildman–Crippen LogP) is 4.11. The first-order chi connectivity index (χ1) is 10.3. The van der Waals surface area contributed by atoms with Crippen molar-refractivity contribution in [2.24, 2.45) is 5.84 Å². The van der Waals surface area contributed by atoms with Gasteiger partial charge in [-0.15, -0.1) is 11.3 Å². The number of hydrazine groups is 1. The Morgan fingerprint density at radius 2 is 2.14 bits per heavy atom. The molecule has 2 aromatic heterocycles. The fraction of sp³-hybridized carbons (Fsp3) is 0.600. The lowest BCUT2D eigenvalue weighted by molar-refractivity contribution is 0.516. The molecule has 0 bridgehead atoms. The van der Waals surface area contributed by atoms with E-state index in [-0.39, 0.29) is 0 Å². The summed E-state index contributed by atoms with van der Waals surface area (Å²) >= 11 is 3.75. The monoisotopic (exact) mass is 322 g/mol. The molecule has 0 radical (unpaired) electrons. The van der Waals surface area contributed by atoms with Crippen LogP contribution in [-0.2, 0) is 12.2 Å². The van der Waals surface area contributed by atoms with E-state index < -0.39 is 0 Å². The summed E-state index contributed by atoms with van der Waals surface area (Å²) in [5, 5.41) is 1.83. The van der Waals surface area contributed by atoms with Crippen molar-refractivity contribution in [1.82, 2.24) is 9.97 Å². The number of nitrogens with one attached hydrogen (secondary N) is 1. The molecule has 1 saturated carbocycles. The first kappa shape index (κ1) is 15.1. The maximum atomic E-state index is 5.63. The molecule has 1 aliphatic carbocycles. The van der Waals surface area contributed by atoms with Gasteiger partial charge in [0.05, 0.1) is 11.1 Å². The molecule has 0 spiro atoms. The minimum absolute atomic E-state index is 0.759. The molecule has 0 aromatic carbocycles. The predicted molar refractivity (Wildman–Crippen MR) is 92.8 cm³/mol. The fourth-order valence-corrected chi connectivity index (χ4v) is 4.96. The average Bonchev–Trinajstić information content (AvgIpc) is 2.96. The van der Waals surface area contributed by atoms with E-state index in [1.807, 2.05) is 11.8 Å². The molecule has 2 heterocycles. The minimum atomic E-state index is 0.759. The summed E-state index contributed by atoms with van der Waals surface area (Å²) in [7, 11) is 0. The van der Waals surface area contributed by atoms with Gasteiger partial charge >= 0.3 is 0 Å². The van der Waals surface area contributed by atoms with Crippen LogP contribution in [0.4, 0.5) is 5.82 Å². The van der Waals surface area contributed by atoms with Gasteiger partial charge in [-0.2, -0.15) is 11.8 Å². The van der Waals surface area contributed by atoms with Gasteiger partial charge < -0.3 is 5.43 Å². The number of nitrogen functional groups attached to an aromatic ring is 1. The van der Waals surface area contributed by atoms with Crippen molar-refractivity contribution < 1.29 is 0 Å². The molecule has 21 heavy (non-hydrogen) atoms. The first-order valence-electron chi connectivity index (χ1n) is 7.67. The van der Waals surface area contributed by atoms with Crippen molar-refractivity contribution in [3.8, 4) is 0 Å². The number of hydrogen-bond donors (Lipinski definition) is 2. The molecule has 4 nitrogen and oxygen atoms in total. The summed E-state index contributed by atoms with van der Waals surface area (Å²) in [6.45, 7) is 2.16. The van der Waals surface area contributed by atoms with Gasteiger partial charge in [0.15, 0.2) is 5.82 Å². The summed E-state index contributed by atoms with van der Waals surface area (Å²) in [6, 6.07) is 2.15. The number of aromatic nitrogens is 2. The Balaban J connectivity index is 1.78. The number of thiophene rings is 1. The zero-order valence-corrected chi connectivity index (χ0v) is 14.0. The van der Waals surface area contributed by atoms with E-state index in [2.05, 4.69) is 23.4 Å². The standard InChI is InChI=1S/C15H22N4S2/c1-2-10-8-12-14(19-16)17-13(18-15(12)21-10)9-20-11-6-4-3-5-7-11/h8,11H,2-7,9,16H2,1H3,(H,17,18,19). The molecule has 0 saturated heterocycles. The summed E-state index contributed by atoms with van der Waals surface area (Å²) in [6.07, 6.45) is 7.85. The van der Waals surface area contributed by atoms with Crippen LogP contribution in [-0.4, -0.2) is 15.2 Å². The van der Waals surface area contributed by atoms with Gasteiger partial charge in [0, 0.05) is 10.1 Å². The fourth-order valence-electron chi connectivity index (χ4n) is 2.79. The molecule has 3 rings (SSSR count). The van der Waals surface area contributed by atoms with E-state index in [4.69, 9.17) is 10.8 Å². The second-order valence-electron chi connectivity index (χ2n) is 5.49. The van der Waals surface area contributed by atoms with Crippen LogP contribution in [0.2, 0.25) is 0 Å². The van der Waals surface area contributed by atoms with E-state index in [9.17, 15) is 0 Å². The van der Waals surface area contributed by atoms with Gasteiger partial charge in [-0.3, -0.25) is 0 Å². The number of nitrogens with two attached hydrogens (primary N) is 1. The summed E-state index contributed by atoms with van der Waals surface area (Å²) < 4.78 is 0. The number of hydrogen-bond acceptors (Lipinski definition) is 6. The van der Waals surface area contributed by atoms with Crippen LogP contribution in [0.25, 0.3) is 10.2 Å². The number of fused-ring (bicyclic) bond motifs is 1. The third kappa shape index (κ3) is 3.49. The number of rotatable bonds is 5. The number of anilines is 1. The number of nitrogens with zero attached hydrogens (tertiary/aromatic N) is 2. The van der Waals surface area contributed by atoms with Crippen LogP contribution in [0.15, 0.2) is 6.07 Å². The van der Waals surface area contributed by atoms with Gasteiger partial charge in [0.1, 0.15) is 10.7 Å². The quantitative estimate of drug-likeness (QED) is 0.641. The van der Waals surface area contributed by atoms with E-state index in [0.717, 1.165) is 39.3 Å². The molecule has 0 unspecified atom stereocenters. The number of aryl methyl sites for hydroxylation is 1. The Labute approximate surface area is 133 Å². The molecule has 1 fully saturated rings. The lowest BCUT2D eigenvalue weighted by atomic mass is 10.0. The van der Waals surface area contributed by atoms with Crippen molar-refractivity contribution in [1.29, 1.82) is 0 Å². The third-order valence-electron chi connectivity index (χ3n) is 3.98. The molecule has 0 atom stereocenters. The first-order valence-corrected chi connectivity index (χ1v) is 9.54. The van der Waals surface area contributed by atoms with Gasteiger partial charge in [0.25, 0.3) is 0 Å². The molecular formula is C15H22N4S2. The maximum Gasteiger partial charge on any atom is 0.152 e. The molecule has 114 valence electrons. The molecule has 3 N–H and O–H groups in total. The smallest absolute Gasteiger partial charge is 0.152 e. The molecule has 1 aliphatic rings. The topological polar surface area (TPSA) is 63.8 Å². The highest BCUT2D eigenvalue weighted by Crippen LogP contribution is 2.32. The van der Waals surface area contributed by atoms with Crippen molar-refractivity contribution >= 4 is 39.1 Å². The normalized spacial score (nSPS) is 16.5. The summed E-state index contributed by atoms with van der Waals surface area (Å²) in [4.78, 5) is 11.7. The van der Waals surface area contributed by atoms with E-state index in [1.165, 1.54) is 37.0 Å². The Kier molecular flexibility index (Phi) is 4.98. The van der Waals surface area contributed by atoms with Gasteiger partial charge in [0.2, 0.25) is 0 Å². The van der Waals surface area contributed by atoms with E-state index in [0.29, 0.717) is 0 Å². The van der Waals surface area contributed by atoms with E-state index in [1.54, 1.807) is 11.3 Å². The summed E-state index contributed by atoms with van der Waals surface area (Å²) in [5.41, 5.74) is 2.73. The highest BCUT2D eigenvalue weighted by Gasteiger charge is 2.16. The number of thioether (sulfide) groups is 1. The van der Waals surface area contributed by atoms with Crippen LogP contribution in [0.5, 0.6) is 0 Å². The molecule has 2 aromatic rings. The van der Waals surface area contributed by atoms with E-state index >= 15 is 0 Å². The third-order valence-corrected chi connectivity index (χ3v) is 6.52. The zero-order valence-electron chi connectivity index (χ0n) is 12.4. The summed E-state index contributed by atoms with van der Waals surface area (Å²) in [5.74, 6) is 8.17. The van der Waals surface area contributed by atoms with Crippen molar-refractivity contribution in [3.63, 3.8) is 0 Å². The van der Waals surface area contributed by atoms with Crippen LogP contribution < -0.4 is 11.3 Å². The highest BCUT2D eigenvalue weighted by atomic mass is 32.2. The molecule has 0 amide bonds. The van der Waals surface area contributed by atoms with Gasteiger partial charge in [-0.1, -0.05) is 26.2 Å². The second-order valence-corrected chi connectivity index (χ2v) is 7.89. The minimum Gasteiger partial charge on any atom is -0.308 e. The maximum absolute atomic E-state index is 5.63. The lowest BCUT2D eigenvalue weighted by Crippen LogP contribution is -2.12. The van der Waals surface area contributed by atoms with Crippen molar-refractivity contribution in [2.75, 3.05) is 5.43 Å². The van der Waals surface area contributed by atoms with Gasteiger partial charge in [-0.25, -0.2) is 15.8 Å². The molecular weight excluding hydrogens is 300 g/mol. The Hall–Kier alpha value is -0.850. The average molecular weight is 323 g/mol. The largest absolute Gasteiger partial charge is 0.308 e. The lowest BCUT2D eigenvalue weighted by Gasteiger charge is -2.20. The molecule has 0 aliphatic heterocycles. The highest BCUT2D eigenvalue weighted by molar-refractivity contribution is 7.99. The van der Waals surface area contributed by atoms with Gasteiger partial charge in [-0.05, 0) is 25.3 Å². The van der Waals surface area contributed by atoms with Crippen molar-refractivity contribution in [2.45, 2.75) is 56.5 Å². The second kappa shape index (κ2) is 6.94. The Morgan fingerprint density at radius 3 is 2.86 bits per heavy atom. The zero-order chi connectivity index (χ0) is 14.7.